The first-order chi connectivity index (χ1) is 14.2. The highest BCUT2D eigenvalue weighted by atomic mass is 35.5. The maximum atomic E-state index is 15.0. The van der Waals surface area contributed by atoms with E-state index >= 15 is 0 Å². The summed E-state index contributed by atoms with van der Waals surface area (Å²) >= 11 is 18.1. The van der Waals surface area contributed by atoms with Gasteiger partial charge in [-0.3, -0.25) is 9.59 Å². The summed E-state index contributed by atoms with van der Waals surface area (Å²) in [5, 5.41) is 2.88. The monoisotopic (exact) mass is 469 g/mol. The second kappa shape index (κ2) is 8.95. The molecule has 0 atom stereocenters. The molecule has 1 amide bonds. The summed E-state index contributed by atoms with van der Waals surface area (Å²) in [7, 11) is 0. The Morgan fingerprint density at radius 3 is 2.57 bits per heavy atom. The number of ether oxygens (including phenoxy) is 1. The second-order valence-electron chi connectivity index (χ2n) is 6.30. The molecule has 3 aromatic rings. The topological polar surface area (TPSA) is 97.2 Å². The van der Waals surface area contributed by atoms with Gasteiger partial charge in [0.05, 0.1) is 15.6 Å². The predicted molar refractivity (Wildman–Crippen MR) is 114 cm³/mol. The predicted octanol–water partition coefficient (Wildman–Crippen LogP) is 5.62. The minimum absolute atomic E-state index is 0.000791. The Labute approximate surface area is 186 Å². The molecule has 1 aromatic heterocycles. The molecule has 0 saturated carbocycles. The number of nitrogens with two attached hydrogens (primary N) is 1. The van der Waals surface area contributed by atoms with Gasteiger partial charge in [-0.1, -0.05) is 40.9 Å². The van der Waals surface area contributed by atoms with E-state index in [2.05, 4.69) is 10.3 Å². The molecule has 6 nitrogen and oxygen atoms in total. The van der Waals surface area contributed by atoms with Crippen LogP contribution in [0, 0.1) is 5.82 Å². The molecule has 156 valence electrons. The van der Waals surface area contributed by atoms with Crippen molar-refractivity contribution in [1.29, 1.82) is 0 Å². The smallest absolute Gasteiger partial charge is 0.269 e. The third-order valence-corrected chi connectivity index (χ3v) is 5.01. The van der Waals surface area contributed by atoms with Gasteiger partial charge in [0.2, 0.25) is 0 Å². The average Bonchev–Trinajstić information content (AvgIpc) is 3.05. The number of carbonyl (C=O) groups is 2. The zero-order valence-electron chi connectivity index (χ0n) is 15.5. The van der Waals surface area contributed by atoms with Crippen molar-refractivity contribution in [3.63, 3.8) is 0 Å². The molecule has 0 aliphatic rings. The standard InChI is InChI=1S/C20H15Cl3FN3O3/c1-9(28)14-8-26-18(16(14)23)20(29)27-7-10-2-3-15(22)19(17(10)24)30-13-5-11(21)4-12(25)6-13/h2-6,8,26H,7,25H2,1H3,(H,27,29). The van der Waals surface area contributed by atoms with E-state index in [1.54, 1.807) is 0 Å². The lowest BCUT2D eigenvalue weighted by Crippen LogP contribution is -2.24. The molecule has 0 bridgehead atoms. The minimum atomic E-state index is -0.761. The van der Waals surface area contributed by atoms with Gasteiger partial charge in [-0.05, 0) is 25.1 Å². The van der Waals surface area contributed by atoms with E-state index < -0.39 is 11.7 Å². The van der Waals surface area contributed by atoms with Gasteiger partial charge in [0.1, 0.15) is 11.4 Å². The van der Waals surface area contributed by atoms with Crippen LogP contribution in [0.5, 0.6) is 11.5 Å². The number of halogens is 4. The van der Waals surface area contributed by atoms with E-state index in [1.165, 1.54) is 43.5 Å². The molecule has 0 aliphatic carbocycles. The van der Waals surface area contributed by atoms with Crippen LogP contribution in [0.25, 0.3) is 0 Å². The van der Waals surface area contributed by atoms with Crippen molar-refractivity contribution in [2.45, 2.75) is 13.5 Å². The van der Waals surface area contributed by atoms with E-state index in [9.17, 15) is 14.0 Å². The van der Waals surface area contributed by atoms with Crippen molar-refractivity contribution >= 4 is 52.2 Å². The van der Waals surface area contributed by atoms with Gasteiger partial charge >= 0.3 is 0 Å². The lowest BCUT2D eigenvalue weighted by molar-refractivity contribution is 0.0946. The molecule has 4 N–H and O–H groups in total. The van der Waals surface area contributed by atoms with E-state index in [-0.39, 0.29) is 50.7 Å². The van der Waals surface area contributed by atoms with Gasteiger partial charge in [0.15, 0.2) is 17.3 Å². The zero-order chi connectivity index (χ0) is 22.0. The number of amides is 1. The number of carbonyl (C=O) groups excluding carboxylic acids is 2. The summed E-state index contributed by atoms with van der Waals surface area (Å²) in [6.07, 6.45) is 1.34. The van der Waals surface area contributed by atoms with Crippen LogP contribution in [-0.2, 0) is 6.54 Å². The van der Waals surface area contributed by atoms with E-state index in [0.717, 1.165) is 0 Å². The number of aromatic amines is 1. The molecule has 0 radical (unpaired) electrons. The molecular formula is C20H15Cl3FN3O3. The Kier molecular flexibility index (Phi) is 6.55. The van der Waals surface area contributed by atoms with Crippen molar-refractivity contribution in [1.82, 2.24) is 10.3 Å². The Hall–Kier alpha value is -2.74. The highest BCUT2D eigenvalue weighted by Crippen LogP contribution is 2.35. The molecule has 0 fully saturated rings. The highest BCUT2D eigenvalue weighted by Gasteiger charge is 2.20. The summed E-state index contributed by atoms with van der Waals surface area (Å²) in [4.78, 5) is 26.5. The van der Waals surface area contributed by atoms with Crippen LogP contribution in [0.1, 0.15) is 33.3 Å². The van der Waals surface area contributed by atoms with Crippen molar-refractivity contribution < 1.29 is 18.7 Å². The molecule has 0 spiro atoms. The van der Waals surface area contributed by atoms with Crippen molar-refractivity contribution in [3.8, 4) is 11.5 Å². The molecule has 0 saturated heterocycles. The number of aromatic nitrogens is 1. The number of H-pyrrole nitrogens is 1. The van der Waals surface area contributed by atoms with Crippen LogP contribution in [0.2, 0.25) is 15.1 Å². The van der Waals surface area contributed by atoms with Crippen LogP contribution in [0.3, 0.4) is 0 Å². The minimum Gasteiger partial charge on any atom is -0.453 e. The fourth-order valence-electron chi connectivity index (χ4n) is 2.66. The summed E-state index contributed by atoms with van der Waals surface area (Å²) < 4.78 is 20.5. The van der Waals surface area contributed by atoms with Crippen LogP contribution in [-0.4, -0.2) is 16.7 Å². The molecule has 10 heteroatoms. The summed E-state index contributed by atoms with van der Waals surface area (Å²) in [6.45, 7) is 1.15. The van der Waals surface area contributed by atoms with Crippen molar-refractivity contribution in [3.05, 3.63) is 74.2 Å². The van der Waals surface area contributed by atoms with E-state index in [4.69, 9.17) is 45.3 Å². The molecule has 3 rings (SSSR count). The maximum absolute atomic E-state index is 15.0. The molecule has 0 aliphatic heterocycles. The van der Waals surface area contributed by atoms with Crippen LogP contribution in [0.15, 0.2) is 36.5 Å². The zero-order valence-corrected chi connectivity index (χ0v) is 17.8. The number of ketones is 1. The summed E-state index contributed by atoms with van der Waals surface area (Å²) in [5.41, 5.74) is 6.36. The fourth-order valence-corrected chi connectivity index (χ4v) is 3.40. The highest BCUT2D eigenvalue weighted by molar-refractivity contribution is 6.36. The van der Waals surface area contributed by atoms with Crippen LogP contribution in [0.4, 0.5) is 10.1 Å². The molecule has 2 aromatic carbocycles. The van der Waals surface area contributed by atoms with Gasteiger partial charge in [-0.15, -0.1) is 0 Å². The molecular weight excluding hydrogens is 456 g/mol. The molecule has 1 heterocycles. The van der Waals surface area contributed by atoms with Crippen LogP contribution < -0.4 is 15.8 Å². The van der Waals surface area contributed by atoms with Gasteiger partial charge in [0.25, 0.3) is 5.91 Å². The van der Waals surface area contributed by atoms with Gasteiger partial charge in [0, 0.05) is 35.1 Å². The number of nitrogen functional groups attached to an aromatic ring is 1. The molecule has 30 heavy (non-hydrogen) atoms. The molecule has 0 unspecified atom stereocenters. The number of benzene rings is 2. The number of anilines is 1. The number of hydrogen-bond donors (Lipinski definition) is 3. The second-order valence-corrected chi connectivity index (χ2v) is 7.52. The number of rotatable bonds is 6. The average molecular weight is 471 g/mol. The normalized spacial score (nSPS) is 10.7. The summed E-state index contributed by atoms with van der Waals surface area (Å²) in [6, 6.07) is 7.29. The van der Waals surface area contributed by atoms with Crippen LogP contribution >= 0.6 is 34.8 Å². The van der Waals surface area contributed by atoms with E-state index in [1.807, 2.05) is 0 Å². The quantitative estimate of drug-likeness (QED) is 0.322. The number of hydrogen-bond acceptors (Lipinski definition) is 4. The first-order valence-corrected chi connectivity index (χ1v) is 9.67. The number of nitrogens with one attached hydrogen (secondary N) is 2. The Bertz CT molecular complexity index is 1130. The van der Waals surface area contributed by atoms with Gasteiger partial charge in [-0.25, -0.2) is 4.39 Å². The largest absolute Gasteiger partial charge is 0.453 e. The Morgan fingerprint density at radius 2 is 1.93 bits per heavy atom. The number of Topliss-reactive ketones (excluding diaryl/α,β-unsaturated/α-hetero) is 1. The third-order valence-electron chi connectivity index (χ3n) is 4.11. The van der Waals surface area contributed by atoms with Gasteiger partial charge in [-0.2, -0.15) is 0 Å². The summed E-state index contributed by atoms with van der Waals surface area (Å²) in [5.74, 6) is -1.68. The van der Waals surface area contributed by atoms with E-state index in [0.29, 0.717) is 10.7 Å². The third kappa shape index (κ3) is 4.70. The first kappa shape index (κ1) is 22.0. The lowest BCUT2D eigenvalue weighted by Gasteiger charge is -2.13. The first-order valence-electron chi connectivity index (χ1n) is 8.54. The SMILES string of the molecule is CC(=O)c1c[nH]c(C(=O)NCc2ccc(Cl)c(Oc3cc(N)cc(Cl)c3)c2F)c1Cl. The lowest BCUT2D eigenvalue weighted by atomic mass is 10.2. The Morgan fingerprint density at radius 1 is 1.20 bits per heavy atom. The fraction of sp³-hybridized carbons (Fsp3) is 0.100. The van der Waals surface area contributed by atoms with Gasteiger partial charge < -0.3 is 20.8 Å². The van der Waals surface area contributed by atoms with Crippen molar-refractivity contribution in [2.24, 2.45) is 0 Å². The Balaban J connectivity index is 1.80. The van der Waals surface area contributed by atoms with Crippen molar-refractivity contribution in [2.75, 3.05) is 5.73 Å². The maximum Gasteiger partial charge on any atom is 0.269 e.